The van der Waals surface area contributed by atoms with Gasteiger partial charge in [0.2, 0.25) is 0 Å². The number of amides is 1. The number of benzene rings is 2. The summed E-state index contributed by atoms with van der Waals surface area (Å²) in [5, 5.41) is 11.5. The van der Waals surface area contributed by atoms with Gasteiger partial charge in [0.1, 0.15) is 5.82 Å². The third-order valence-electron chi connectivity index (χ3n) is 3.93. The number of nitrogens with zero attached hydrogens (tertiary/aromatic N) is 3. The summed E-state index contributed by atoms with van der Waals surface area (Å²) < 4.78 is 12.9. The molecule has 1 amide bonds. The van der Waals surface area contributed by atoms with Crippen LogP contribution in [0.25, 0.3) is 5.69 Å². The standard InChI is InChI=1S/C19H19FN4O/c1-12-4-9-17(13(2)10-12)24-22-14(3)18(23-24)19(25)21-11-15-5-7-16(20)8-6-15/h4-10H,11H2,1-3H3,(H,21,25). The Morgan fingerprint density at radius 2 is 1.80 bits per heavy atom. The van der Waals surface area contributed by atoms with E-state index in [2.05, 4.69) is 15.5 Å². The minimum absolute atomic E-state index is 0.280. The van der Waals surface area contributed by atoms with E-state index < -0.39 is 0 Å². The summed E-state index contributed by atoms with van der Waals surface area (Å²) >= 11 is 0. The van der Waals surface area contributed by atoms with E-state index in [-0.39, 0.29) is 17.4 Å². The summed E-state index contributed by atoms with van der Waals surface area (Å²) in [7, 11) is 0. The third-order valence-corrected chi connectivity index (χ3v) is 3.93. The molecular weight excluding hydrogens is 319 g/mol. The van der Waals surface area contributed by atoms with Crippen molar-refractivity contribution in [2.75, 3.05) is 0 Å². The first kappa shape index (κ1) is 16.8. The van der Waals surface area contributed by atoms with Crippen molar-refractivity contribution in [3.63, 3.8) is 0 Å². The molecule has 0 radical (unpaired) electrons. The molecule has 0 aliphatic heterocycles. The number of halogens is 1. The van der Waals surface area contributed by atoms with Crippen LogP contribution in [-0.4, -0.2) is 20.9 Å². The fraction of sp³-hybridized carbons (Fsp3) is 0.211. The lowest BCUT2D eigenvalue weighted by Crippen LogP contribution is -2.24. The van der Waals surface area contributed by atoms with Crippen LogP contribution in [0.3, 0.4) is 0 Å². The van der Waals surface area contributed by atoms with Gasteiger partial charge in [-0.05, 0) is 50.1 Å². The number of carbonyl (C=O) groups is 1. The van der Waals surface area contributed by atoms with Gasteiger partial charge in [-0.1, -0.05) is 29.8 Å². The fourth-order valence-corrected chi connectivity index (χ4v) is 2.59. The van der Waals surface area contributed by atoms with Gasteiger partial charge >= 0.3 is 0 Å². The second-order valence-electron chi connectivity index (χ2n) is 6.02. The largest absolute Gasteiger partial charge is 0.347 e. The highest BCUT2D eigenvalue weighted by Crippen LogP contribution is 2.15. The first-order chi connectivity index (χ1) is 11.9. The van der Waals surface area contributed by atoms with Crippen LogP contribution in [0.1, 0.15) is 32.9 Å². The van der Waals surface area contributed by atoms with Crippen LogP contribution < -0.4 is 5.32 Å². The van der Waals surface area contributed by atoms with Crippen molar-refractivity contribution < 1.29 is 9.18 Å². The van der Waals surface area contributed by atoms with Crippen LogP contribution in [0.15, 0.2) is 42.5 Å². The molecule has 0 aliphatic carbocycles. The molecule has 1 heterocycles. The summed E-state index contributed by atoms with van der Waals surface area (Å²) in [6, 6.07) is 12.0. The van der Waals surface area contributed by atoms with Crippen molar-refractivity contribution in [1.29, 1.82) is 0 Å². The molecule has 0 unspecified atom stereocenters. The Bertz CT molecular complexity index is 916. The van der Waals surface area contributed by atoms with E-state index in [9.17, 15) is 9.18 Å². The van der Waals surface area contributed by atoms with Gasteiger partial charge in [-0.25, -0.2) is 4.39 Å². The average Bonchev–Trinajstić information content (AvgIpc) is 2.95. The molecule has 0 aliphatic rings. The van der Waals surface area contributed by atoms with Crippen LogP contribution in [0.4, 0.5) is 4.39 Å². The molecule has 3 aromatic rings. The number of hydrogen-bond acceptors (Lipinski definition) is 3. The number of aryl methyl sites for hydroxylation is 3. The van der Waals surface area contributed by atoms with E-state index in [1.165, 1.54) is 16.9 Å². The van der Waals surface area contributed by atoms with Crippen molar-refractivity contribution in [2.45, 2.75) is 27.3 Å². The molecule has 0 fully saturated rings. The minimum Gasteiger partial charge on any atom is -0.347 e. The molecule has 1 N–H and O–H groups in total. The topological polar surface area (TPSA) is 59.8 Å². The predicted molar refractivity (Wildman–Crippen MR) is 93.1 cm³/mol. The predicted octanol–water partition coefficient (Wildman–Crippen LogP) is 3.26. The van der Waals surface area contributed by atoms with Gasteiger partial charge < -0.3 is 5.32 Å². The molecule has 25 heavy (non-hydrogen) atoms. The number of hydrogen-bond donors (Lipinski definition) is 1. The van der Waals surface area contributed by atoms with Gasteiger partial charge in [-0.15, -0.1) is 5.10 Å². The van der Waals surface area contributed by atoms with Crippen molar-refractivity contribution in [1.82, 2.24) is 20.3 Å². The van der Waals surface area contributed by atoms with Crippen LogP contribution >= 0.6 is 0 Å². The molecule has 128 valence electrons. The Labute approximate surface area is 145 Å². The Hall–Kier alpha value is -3.02. The van der Waals surface area contributed by atoms with E-state index in [1.807, 2.05) is 32.0 Å². The smallest absolute Gasteiger partial charge is 0.274 e. The van der Waals surface area contributed by atoms with Gasteiger partial charge in [0.25, 0.3) is 5.91 Å². The van der Waals surface area contributed by atoms with E-state index in [4.69, 9.17) is 0 Å². The molecule has 0 atom stereocenters. The van der Waals surface area contributed by atoms with E-state index in [1.54, 1.807) is 19.1 Å². The van der Waals surface area contributed by atoms with Gasteiger partial charge in [0, 0.05) is 6.54 Å². The van der Waals surface area contributed by atoms with Crippen molar-refractivity contribution in [2.24, 2.45) is 0 Å². The highest BCUT2D eigenvalue weighted by Gasteiger charge is 2.17. The van der Waals surface area contributed by atoms with E-state index in [0.717, 1.165) is 22.4 Å². The number of nitrogens with one attached hydrogen (secondary N) is 1. The fourth-order valence-electron chi connectivity index (χ4n) is 2.59. The molecule has 6 heteroatoms. The van der Waals surface area contributed by atoms with Gasteiger partial charge in [-0.3, -0.25) is 4.79 Å². The van der Waals surface area contributed by atoms with E-state index >= 15 is 0 Å². The zero-order valence-electron chi connectivity index (χ0n) is 14.4. The molecular formula is C19H19FN4O. The first-order valence-corrected chi connectivity index (χ1v) is 7.98. The highest BCUT2D eigenvalue weighted by molar-refractivity contribution is 5.93. The summed E-state index contributed by atoms with van der Waals surface area (Å²) in [5.41, 5.74) is 4.68. The molecule has 0 saturated heterocycles. The maximum Gasteiger partial charge on any atom is 0.274 e. The monoisotopic (exact) mass is 338 g/mol. The molecule has 5 nitrogen and oxygen atoms in total. The number of carbonyl (C=O) groups excluding carboxylic acids is 1. The molecule has 0 bridgehead atoms. The zero-order chi connectivity index (χ0) is 18.0. The van der Waals surface area contributed by atoms with Crippen LogP contribution in [0.2, 0.25) is 0 Å². The number of aromatic nitrogens is 3. The van der Waals surface area contributed by atoms with Crippen LogP contribution in [0, 0.1) is 26.6 Å². The van der Waals surface area contributed by atoms with Gasteiger partial charge in [0.05, 0.1) is 11.4 Å². The summed E-state index contributed by atoms with van der Waals surface area (Å²) in [4.78, 5) is 13.9. The molecule has 0 saturated carbocycles. The molecule has 2 aromatic carbocycles. The molecule has 3 rings (SSSR count). The second kappa shape index (κ2) is 6.84. The molecule has 1 aromatic heterocycles. The third kappa shape index (κ3) is 3.74. The van der Waals surface area contributed by atoms with Crippen molar-refractivity contribution >= 4 is 5.91 Å². The minimum atomic E-state index is -0.308. The van der Waals surface area contributed by atoms with Gasteiger partial charge in [-0.2, -0.15) is 9.90 Å². The highest BCUT2D eigenvalue weighted by atomic mass is 19.1. The van der Waals surface area contributed by atoms with Crippen molar-refractivity contribution in [3.05, 3.63) is 76.4 Å². The quantitative estimate of drug-likeness (QED) is 0.794. The average molecular weight is 338 g/mol. The SMILES string of the molecule is Cc1ccc(-n2nc(C)c(C(=O)NCc3ccc(F)cc3)n2)c(C)c1. The van der Waals surface area contributed by atoms with Crippen LogP contribution in [0.5, 0.6) is 0 Å². The summed E-state index contributed by atoms with van der Waals surface area (Å²) in [6.45, 7) is 6.05. The van der Waals surface area contributed by atoms with Crippen molar-refractivity contribution in [3.8, 4) is 5.69 Å². The Morgan fingerprint density at radius 1 is 1.08 bits per heavy atom. The van der Waals surface area contributed by atoms with Gasteiger partial charge in [0.15, 0.2) is 5.69 Å². The normalized spacial score (nSPS) is 10.7. The Balaban J connectivity index is 1.77. The van der Waals surface area contributed by atoms with E-state index in [0.29, 0.717) is 12.2 Å². The summed E-state index contributed by atoms with van der Waals surface area (Å²) in [6.07, 6.45) is 0. The lowest BCUT2D eigenvalue weighted by molar-refractivity contribution is 0.0945. The summed E-state index contributed by atoms with van der Waals surface area (Å²) in [5.74, 6) is -0.611. The van der Waals surface area contributed by atoms with Crippen LogP contribution in [-0.2, 0) is 6.54 Å². The maximum absolute atomic E-state index is 12.9. The first-order valence-electron chi connectivity index (χ1n) is 7.98. The Kier molecular flexibility index (Phi) is 4.61. The lowest BCUT2D eigenvalue weighted by Gasteiger charge is -2.05. The second-order valence-corrected chi connectivity index (χ2v) is 6.02. The number of rotatable bonds is 4. The Morgan fingerprint density at radius 3 is 2.48 bits per heavy atom. The molecule has 0 spiro atoms. The maximum atomic E-state index is 12.9. The lowest BCUT2D eigenvalue weighted by atomic mass is 10.1. The zero-order valence-corrected chi connectivity index (χ0v) is 14.4.